The molecule has 0 fully saturated rings. The van der Waals surface area contributed by atoms with Gasteiger partial charge < -0.3 is 15.2 Å². The molecule has 0 radical (unpaired) electrons. The zero-order valence-electron chi connectivity index (χ0n) is 14.3. The van der Waals surface area contributed by atoms with Gasteiger partial charge in [0, 0.05) is 24.8 Å². The van der Waals surface area contributed by atoms with Gasteiger partial charge in [-0.3, -0.25) is 0 Å². The second-order valence-corrected chi connectivity index (χ2v) is 6.07. The van der Waals surface area contributed by atoms with Gasteiger partial charge in [-0.25, -0.2) is 9.38 Å². The van der Waals surface area contributed by atoms with Crippen LogP contribution in [-0.4, -0.2) is 17.1 Å². The van der Waals surface area contributed by atoms with Crippen LogP contribution >= 0.6 is 47.2 Å². The molecular formula is C17H19Cl2FIN5. The number of rotatable bonds is 5. The van der Waals surface area contributed by atoms with E-state index in [-0.39, 0.29) is 36.1 Å². The summed E-state index contributed by atoms with van der Waals surface area (Å²) in [5.74, 6) is 0.0966. The summed E-state index contributed by atoms with van der Waals surface area (Å²) in [6, 6.07) is 8.03. The number of benzene rings is 1. The van der Waals surface area contributed by atoms with Gasteiger partial charge in [0.25, 0.3) is 0 Å². The fraction of sp³-hybridized carbons (Fsp3) is 0.294. The standard InChI is InChI=1S/C17H18Cl2FN5.HI/c1-3-22-17(24-10-13-7-14(18)16(19)25(13)2)23-9-12-5-4-11(8-21)6-15(12)20;/h4-7H,3,9-10H2,1-2H3,(H2,22,23,24);1H. The monoisotopic (exact) mass is 509 g/mol. The molecule has 1 heterocycles. The minimum Gasteiger partial charge on any atom is -0.357 e. The summed E-state index contributed by atoms with van der Waals surface area (Å²) in [4.78, 5) is 4.37. The zero-order valence-corrected chi connectivity index (χ0v) is 18.2. The van der Waals surface area contributed by atoms with Crippen LogP contribution < -0.4 is 10.6 Å². The molecule has 0 aliphatic carbocycles. The van der Waals surface area contributed by atoms with Crippen molar-refractivity contribution in [3.63, 3.8) is 0 Å². The second kappa shape index (κ2) is 10.6. The maximum Gasteiger partial charge on any atom is 0.191 e. The van der Waals surface area contributed by atoms with Gasteiger partial charge in [-0.2, -0.15) is 5.26 Å². The smallest absolute Gasteiger partial charge is 0.191 e. The summed E-state index contributed by atoms with van der Waals surface area (Å²) < 4.78 is 15.7. The average molecular weight is 510 g/mol. The van der Waals surface area contributed by atoms with Gasteiger partial charge in [-0.1, -0.05) is 29.3 Å². The van der Waals surface area contributed by atoms with Crippen LogP contribution in [0, 0.1) is 17.1 Å². The quantitative estimate of drug-likeness (QED) is 0.360. The molecule has 0 spiro atoms. The highest BCUT2D eigenvalue weighted by atomic mass is 127. The Bertz CT molecular complexity index is 829. The Morgan fingerprint density at radius 1 is 1.31 bits per heavy atom. The third-order valence-corrected chi connectivity index (χ3v) is 4.43. The highest BCUT2D eigenvalue weighted by molar-refractivity contribution is 14.0. The molecule has 5 nitrogen and oxygen atoms in total. The predicted octanol–water partition coefficient (Wildman–Crippen LogP) is 4.22. The third kappa shape index (κ3) is 5.76. The first-order chi connectivity index (χ1) is 12.0. The van der Waals surface area contributed by atoms with Crippen LogP contribution in [0.2, 0.25) is 10.2 Å². The van der Waals surface area contributed by atoms with Crippen molar-refractivity contribution in [2.45, 2.75) is 20.0 Å². The van der Waals surface area contributed by atoms with Gasteiger partial charge in [0.05, 0.1) is 29.7 Å². The molecule has 2 aromatic rings. The predicted molar refractivity (Wildman–Crippen MR) is 114 cm³/mol. The normalized spacial score (nSPS) is 10.8. The molecule has 2 N–H and O–H groups in total. The van der Waals surface area contributed by atoms with Gasteiger partial charge in [0.2, 0.25) is 0 Å². The second-order valence-electron chi connectivity index (χ2n) is 5.30. The van der Waals surface area contributed by atoms with Crippen LogP contribution in [0.4, 0.5) is 4.39 Å². The largest absolute Gasteiger partial charge is 0.357 e. The number of guanidine groups is 1. The summed E-state index contributed by atoms with van der Waals surface area (Å²) in [5, 5.41) is 16.0. The van der Waals surface area contributed by atoms with Crippen LogP contribution in [0.15, 0.2) is 29.3 Å². The molecule has 0 saturated carbocycles. The first-order valence-corrected chi connectivity index (χ1v) is 8.42. The van der Waals surface area contributed by atoms with E-state index in [0.717, 1.165) is 5.69 Å². The van der Waals surface area contributed by atoms with E-state index in [2.05, 4.69) is 15.6 Å². The molecule has 0 atom stereocenters. The van der Waals surface area contributed by atoms with Crippen LogP contribution in [-0.2, 0) is 20.1 Å². The summed E-state index contributed by atoms with van der Waals surface area (Å²) in [5.41, 5.74) is 1.60. The van der Waals surface area contributed by atoms with Crippen molar-refractivity contribution in [2.75, 3.05) is 6.54 Å². The molecule has 1 aromatic carbocycles. The number of halogens is 4. The van der Waals surface area contributed by atoms with E-state index < -0.39 is 5.82 Å². The summed E-state index contributed by atoms with van der Waals surface area (Å²) in [6.07, 6.45) is 0. The van der Waals surface area contributed by atoms with Gasteiger partial charge in [0.1, 0.15) is 11.0 Å². The van der Waals surface area contributed by atoms with Crippen molar-refractivity contribution in [1.82, 2.24) is 15.2 Å². The summed E-state index contributed by atoms with van der Waals surface area (Å²) in [6.45, 7) is 3.22. The fourth-order valence-corrected chi connectivity index (χ4v) is 2.60. The van der Waals surface area contributed by atoms with Crippen molar-refractivity contribution in [3.05, 3.63) is 57.1 Å². The topological polar surface area (TPSA) is 65.1 Å². The number of aromatic nitrogens is 1. The number of aliphatic imine (C=N–C) groups is 1. The number of nitrogens with zero attached hydrogens (tertiary/aromatic N) is 3. The Balaban J connectivity index is 0.00000338. The maximum atomic E-state index is 13.9. The number of hydrogen-bond donors (Lipinski definition) is 2. The molecule has 0 aliphatic rings. The first-order valence-electron chi connectivity index (χ1n) is 7.66. The molecule has 26 heavy (non-hydrogen) atoms. The van der Waals surface area contributed by atoms with E-state index in [1.807, 2.05) is 20.0 Å². The molecule has 0 bridgehead atoms. The lowest BCUT2D eigenvalue weighted by molar-refractivity contribution is 0.609. The molecule has 140 valence electrons. The maximum absolute atomic E-state index is 13.9. The molecular weight excluding hydrogens is 491 g/mol. The van der Waals surface area contributed by atoms with E-state index in [1.165, 1.54) is 6.07 Å². The van der Waals surface area contributed by atoms with Crippen molar-refractivity contribution in [1.29, 1.82) is 5.26 Å². The van der Waals surface area contributed by atoms with E-state index in [9.17, 15) is 4.39 Å². The van der Waals surface area contributed by atoms with Gasteiger partial charge in [0.15, 0.2) is 5.96 Å². The van der Waals surface area contributed by atoms with E-state index in [1.54, 1.807) is 22.8 Å². The van der Waals surface area contributed by atoms with Crippen molar-refractivity contribution >= 4 is 53.1 Å². The molecule has 0 amide bonds. The van der Waals surface area contributed by atoms with Crippen molar-refractivity contribution < 1.29 is 4.39 Å². The Morgan fingerprint density at radius 2 is 2.04 bits per heavy atom. The fourth-order valence-electron chi connectivity index (χ4n) is 2.18. The van der Waals surface area contributed by atoms with E-state index >= 15 is 0 Å². The van der Waals surface area contributed by atoms with E-state index in [4.69, 9.17) is 28.5 Å². The highest BCUT2D eigenvalue weighted by Crippen LogP contribution is 2.24. The van der Waals surface area contributed by atoms with Gasteiger partial charge >= 0.3 is 0 Å². The molecule has 1 aromatic heterocycles. The Hall–Kier alpha value is -1.50. The Labute approximate surface area is 179 Å². The van der Waals surface area contributed by atoms with Crippen molar-refractivity contribution in [3.8, 4) is 6.07 Å². The molecule has 0 unspecified atom stereocenters. The van der Waals surface area contributed by atoms with Crippen LogP contribution in [0.5, 0.6) is 0 Å². The zero-order chi connectivity index (χ0) is 18.4. The minimum atomic E-state index is -0.445. The van der Waals surface area contributed by atoms with E-state index in [0.29, 0.717) is 34.8 Å². The average Bonchev–Trinajstić information content (AvgIpc) is 2.85. The third-order valence-electron chi connectivity index (χ3n) is 3.59. The SMILES string of the molecule is CCNC(=NCc1ccc(C#N)cc1F)NCc1cc(Cl)c(Cl)n1C.I. The highest BCUT2D eigenvalue weighted by Gasteiger charge is 2.09. The molecule has 2 rings (SSSR count). The summed E-state index contributed by atoms with van der Waals surface area (Å²) in [7, 11) is 1.82. The molecule has 9 heteroatoms. The Kier molecular flexibility index (Phi) is 9.19. The molecule has 0 saturated heterocycles. The number of nitriles is 1. The Morgan fingerprint density at radius 3 is 2.58 bits per heavy atom. The lowest BCUT2D eigenvalue weighted by Crippen LogP contribution is -2.37. The lowest BCUT2D eigenvalue weighted by atomic mass is 10.1. The van der Waals surface area contributed by atoms with Gasteiger partial charge in [-0.15, -0.1) is 24.0 Å². The first kappa shape index (κ1) is 22.5. The molecule has 0 aliphatic heterocycles. The summed E-state index contributed by atoms with van der Waals surface area (Å²) >= 11 is 12.1. The van der Waals surface area contributed by atoms with Crippen LogP contribution in [0.3, 0.4) is 0 Å². The van der Waals surface area contributed by atoms with Gasteiger partial charge in [-0.05, 0) is 25.1 Å². The van der Waals surface area contributed by atoms with Crippen molar-refractivity contribution in [2.24, 2.45) is 12.0 Å². The lowest BCUT2D eigenvalue weighted by Gasteiger charge is -2.12. The van der Waals surface area contributed by atoms with Crippen LogP contribution in [0.25, 0.3) is 0 Å². The number of hydrogen-bond acceptors (Lipinski definition) is 2. The number of nitrogens with one attached hydrogen (secondary N) is 2. The minimum absolute atomic E-state index is 0. The van der Waals surface area contributed by atoms with Crippen LogP contribution in [0.1, 0.15) is 23.7 Å².